The number of fused-ring (bicyclic) bond motifs is 1. The second kappa shape index (κ2) is 7.08. The van der Waals surface area contributed by atoms with Crippen molar-refractivity contribution in [2.75, 3.05) is 19.6 Å². The van der Waals surface area contributed by atoms with Crippen LogP contribution >= 0.6 is 0 Å². The zero-order valence-electron chi connectivity index (χ0n) is 12.7. The number of benzene rings is 1. The normalized spacial score (nSPS) is 22.6. The first-order valence-corrected chi connectivity index (χ1v) is 8.41. The smallest absolute Gasteiger partial charge is 0.227 e. The van der Waals surface area contributed by atoms with Crippen LogP contribution in [0.25, 0.3) is 0 Å². The van der Waals surface area contributed by atoms with Gasteiger partial charge in [-0.25, -0.2) is 0 Å². The largest absolute Gasteiger partial charge is 0.356 e. The van der Waals surface area contributed by atoms with Crippen LogP contribution in [0.2, 0.25) is 0 Å². The standard InChI is InChI=1S/C18H26N2O/c21-18(20-13-10-14-8-11-19-12-9-14)17-7-3-5-15-4-1-2-6-16(15)17/h1-2,4,6,14,17,19H,3,5,7-13H2,(H,20,21). The van der Waals surface area contributed by atoms with Crippen LogP contribution in [0.1, 0.15) is 49.1 Å². The Hall–Kier alpha value is -1.35. The summed E-state index contributed by atoms with van der Waals surface area (Å²) in [6, 6.07) is 8.44. The highest BCUT2D eigenvalue weighted by Crippen LogP contribution is 2.31. The molecule has 1 aromatic carbocycles. The SMILES string of the molecule is O=C(NCCC1CCNCC1)C1CCCc2ccccc21. The van der Waals surface area contributed by atoms with Gasteiger partial charge in [-0.05, 0) is 68.7 Å². The highest BCUT2D eigenvalue weighted by atomic mass is 16.1. The highest BCUT2D eigenvalue weighted by molar-refractivity contribution is 5.84. The van der Waals surface area contributed by atoms with Crippen LogP contribution in [-0.4, -0.2) is 25.5 Å². The predicted octanol–water partition coefficient (Wildman–Crippen LogP) is 2.61. The van der Waals surface area contributed by atoms with Crippen molar-refractivity contribution in [3.8, 4) is 0 Å². The van der Waals surface area contributed by atoms with E-state index in [1.165, 1.54) is 24.0 Å². The molecule has 1 heterocycles. The van der Waals surface area contributed by atoms with Gasteiger partial charge in [-0.3, -0.25) is 4.79 Å². The van der Waals surface area contributed by atoms with Crippen molar-refractivity contribution < 1.29 is 4.79 Å². The van der Waals surface area contributed by atoms with Gasteiger partial charge < -0.3 is 10.6 Å². The van der Waals surface area contributed by atoms with Crippen molar-refractivity contribution in [2.45, 2.75) is 44.4 Å². The summed E-state index contributed by atoms with van der Waals surface area (Å²) in [5.74, 6) is 1.09. The van der Waals surface area contributed by atoms with Crippen LogP contribution in [0.5, 0.6) is 0 Å². The maximum Gasteiger partial charge on any atom is 0.227 e. The molecule has 0 aromatic heterocycles. The second-order valence-corrected chi connectivity index (χ2v) is 6.42. The monoisotopic (exact) mass is 286 g/mol. The fourth-order valence-electron chi connectivity index (χ4n) is 3.72. The van der Waals surface area contributed by atoms with E-state index in [4.69, 9.17) is 0 Å². The predicted molar refractivity (Wildman–Crippen MR) is 85.3 cm³/mol. The number of rotatable bonds is 4. The second-order valence-electron chi connectivity index (χ2n) is 6.42. The molecule has 1 aliphatic carbocycles. The molecule has 2 aliphatic rings. The lowest BCUT2D eigenvalue weighted by Crippen LogP contribution is -2.34. The van der Waals surface area contributed by atoms with E-state index in [0.29, 0.717) is 0 Å². The van der Waals surface area contributed by atoms with E-state index in [1.54, 1.807) is 0 Å². The molecule has 0 saturated carbocycles. The fraction of sp³-hybridized carbons (Fsp3) is 0.611. The number of amides is 1. The number of hydrogen-bond donors (Lipinski definition) is 2. The maximum absolute atomic E-state index is 12.5. The Labute approximate surface area is 127 Å². The number of piperidine rings is 1. The summed E-state index contributed by atoms with van der Waals surface area (Å²) in [6.45, 7) is 3.10. The Morgan fingerprint density at radius 3 is 2.86 bits per heavy atom. The molecular formula is C18H26N2O. The van der Waals surface area contributed by atoms with Crippen LogP contribution in [0.3, 0.4) is 0 Å². The lowest BCUT2D eigenvalue weighted by Gasteiger charge is -2.26. The Bertz CT molecular complexity index is 480. The summed E-state index contributed by atoms with van der Waals surface area (Å²) < 4.78 is 0. The molecule has 1 unspecified atom stereocenters. The van der Waals surface area contributed by atoms with Crippen LogP contribution < -0.4 is 10.6 Å². The third-order valence-electron chi connectivity index (χ3n) is 5.00. The van der Waals surface area contributed by atoms with Crippen LogP contribution in [0, 0.1) is 5.92 Å². The van der Waals surface area contributed by atoms with Gasteiger partial charge in [0.1, 0.15) is 0 Å². The molecule has 0 bridgehead atoms. The summed E-state index contributed by atoms with van der Waals surface area (Å²) in [5, 5.41) is 6.57. The molecule has 114 valence electrons. The topological polar surface area (TPSA) is 41.1 Å². The van der Waals surface area contributed by atoms with Crippen molar-refractivity contribution >= 4 is 5.91 Å². The molecule has 1 atom stereocenters. The minimum absolute atomic E-state index is 0.0722. The zero-order valence-corrected chi connectivity index (χ0v) is 12.7. The Balaban J connectivity index is 1.51. The molecule has 0 radical (unpaired) electrons. The lowest BCUT2D eigenvalue weighted by molar-refractivity contribution is -0.122. The minimum Gasteiger partial charge on any atom is -0.356 e. The van der Waals surface area contributed by atoms with Crippen LogP contribution in [0.15, 0.2) is 24.3 Å². The molecule has 1 saturated heterocycles. The first-order valence-electron chi connectivity index (χ1n) is 8.41. The molecule has 1 amide bonds. The van der Waals surface area contributed by atoms with Crippen molar-refractivity contribution in [3.63, 3.8) is 0 Å². The van der Waals surface area contributed by atoms with Gasteiger partial charge in [-0.15, -0.1) is 0 Å². The molecule has 3 rings (SSSR count). The zero-order chi connectivity index (χ0) is 14.5. The van der Waals surface area contributed by atoms with Gasteiger partial charge >= 0.3 is 0 Å². The number of aryl methyl sites for hydroxylation is 1. The summed E-state index contributed by atoms with van der Waals surface area (Å²) in [5.41, 5.74) is 2.62. The van der Waals surface area contributed by atoms with Gasteiger partial charge in [0.2, 0.25) is 5.91 Å². The Morgan fingerprint density at radius 1 is 1.19 bits per heavy atom. The fourth-order valence-corrected chi connectivity index (χ4v) is 3.72. The van der Waals surface area contributed by atoms with Gasteiger partial charge in [-0.1, -0.05) is 24.3 Å². The van der Waals surface area contributed by atoms with E-state index in [0.717, 1.165) is 51.2 Å². The molecule has 21 heavy (non-hydrogen) atoms. The van der Waals surface area contributed by atoms with E-state index in [2.05, 4.69) is 34.9 Å². The van der Waals surface area contributed by atoms with E-state index < -0.39 is 0 Å². The quantitative estimate of drug-likeness (QED) is 0.893. The van der Waals surface area contributed by atoms with Gasteiger partial charge in [0.15, 0.2) is 0 Å². The summed E-state index contributed by atoms with van der Waals surface area (Å²) >= 11 is 0. The van der Waals surface area contributed by atoms with Gasteiger partial charge in [0.25, 0.3) is 0 Å². The van der Waals surface area contributed by atoms with Crippen LogP contribution in [0.4, 0.5) is 0 Å². The summed E-state index contributed by atoms with van der Waals surface area (Å²) in [6.07, 6.45) is 6.88. The molecular weight excluding hydrogens is 260 g/mol. The number of carbonyl (C=O) groups excluding carboxylic acids is 1. The number of carbonyl (C=O) groups is 1. The number of hydrogen-bond acceptors (Lipinski definition) is 2. The van der Waals surface area contributed by atoms with Gasteiger partial charge in [-0.2, -0.15) is 0 Å². The first-order chi connectivity index (χ1) is 10.3. The molecule has 3 heteroatoms. The van der Waals surface area contributed by atoms with Gasteiger partial charge in [0.05, 0.1) is 5.92 Å². The molecule has 1 aliphatic heterocycles. The molecule has 0 spiro atoms. The Morgan fingerprint density at radius 2 is 2.00 bits per heavy atom. The van der Waals surface area contributed by atoms with Crippen molar-refractivity contribution in [3.05, 3.63) is 35.4 Å². The van der Waals surface area contributed by atoms with Crippen molar-refractivity contribution in [2.24, 2.45) is 5.92 Å². The van der Waals surface area contributed by atoms with E-state index in [1.807, 2.05) is 0 Å². The number of nitrogens with one attached hydrogen (secondary N) is 2. The highest BCUT2D eigenvalue weighted by Gasteiger charge is 2.25. The first kappa shape index (κ1) is 14.6. The molecule has 1 fully saturated rings. The average molecular weight is 286 g/mol. The summed E-state index contributed by atoms with van der Waals surface area (Å²) in [7, 11) is 0. The van der Waals surface area contributed by atoms with Crippen LogP contribution in [-0.2, 0) is 11.2 Å². The molecule has 1 aromatic rings. The molecule has 3 nitrogen and oxygen atoms in total. The third kappa shape index (κ3) is 3.65. The van der Waals surface area contributed by atoms with E-state index in [9.17, 15) is 4.79 Å². The Kier molecular flexibility index (Phi) is 4.91. The lowest BCUT2D eigenvalue weighted by atomic mass is 9.82. The van der Waals surface area contributed by atoms with Gasteiger partial charge in [0, 0.05) is 6.54 Å². The van der Waals surface area contributed by atoms with Crippen molar-refractivity contribution in [1.29, 1.82) is 0 Å². The van der Waals surface area contributed by atoms with E-state index >= 15 is 0 Å². The average Bonchev–Trinajstić information content (AvgIpc) is 2.55. The maximum atomic E-state index is 12.5. The summed E-state index contributed by atoms with van der Waals surface area (Å²) in [4.78, 5) is 12.5. The minimum atomic E-state index is 0.0722. The third-order valence-corrected chi connectivity index (χ3v) is 5.00. The van der Waals surface area contributed by atoms with E-state index in [-0.39, 0.29) is 11.8 Å². The van der Waals surface area contributed by atoms with Crippen molar-refractivity contribution in [1.82, 2.24) is 10.6 Å². The molecule has 2 N–H and O–H groups in total.